The second-order valence-electron chi connectivity index (χ2n) is 4.72. The Morgan fingerprint density at radius 3 is 2.84 bits per heavy atom. The molecule has 0 amide bonds. The molecular formula is C13H13N3O3. The van der Waals surface area contributed by atoms with Crippen LogP contribution < -0.4 is 4.90 Å². The number of benzene rings is 1. The molecule has 98 valence electrons. The van der Waals surface area contributed by atoms with Crippen LogP contribution in [0.15, 0.2) is 30.5 Å². The van der Waals surface area contributed by atoms with Crippen molar-refractivity contribution < 1.29 is 10.0 Å². The van der Waals surface area contributed by atoms with Gasteiger partial charge in [0.1, 0.15) is 11.9 Å². The Morgan fingerprint density at radius 1 is 1.42 bits per heavy atom. The van der Waals surface area contributed by atoms with E-state index in [0.29, 0.717) is 18.8 Å². The lowest BCUT2D eigenvalue weighted by atomic mass is 9.99. The number of hydrogen-bond acceptors (Lipinski definition) is 5. The van der Waals surface area contributed by atoms with E-state index in [0.717, 1.165) is 10.9 Å². The van der Waals surface area contributed by atoms with Gasteiger partial charge in [-0.1, -0.05) is 18.2 Å². The first kappa shape index (κ1) is 11.9. The van der Waals surface area contributed by atoms with Crippen molar-refractivity contribution in [2.24, 2.45) is 5.92 Å². The van der Waals surface area contributed by atoms with Gasteiger partial charge in [0.05, 0.1) is 10.4 Å². The molecule has 6 nitrogen and oxygen atoms in total. The summed E-state index contributed by atoms with van der Waals surface area (Å²) in [5.74, 6) is 0.200. The third-order valence-corrected chi connectivity index (χ3v) is 3.46. The SMILES string of the molecule is O=[N+]([O-])c1cnc2ccccc2c1N1CC(CO)C1. The van der Waals surface area contributed by atoms with E-state index in [9.17, 15) is 10.1 Å². The lowest BCUT2D eigenvalue weighted by Crippen LogP contribution is -2.48. The van der Waals surface area contributed by atoms with Crippen molar-refractivity contribution in [1.82, 2.24) is 4.98 Å². The average Bonchev–Trinajstić information content (AvgIpc) is 2.37. The Kier molecular flexibility index (Phi) is 2.79. The molecule has 2 heterocycles. The molecule has 1 aliphatic rings. The Balaban J connectivity index is 2.13. The molecule has 1 fully saturated rings. The molecule has 0 unspecified atom stereocenters. The third kappa shape index (κ3) is 1.90. The second-order valence-corrected chi connectivity index (χ2v) is 4.72. The van der Waals surface area contributed by atoms with Gasteiger partial charge in [0.2, 0.25) is 0 Å². The van der Waals surface area contributed by atoms with Crippen molar-refractivity contribution in [2.45, 2.75) is 0 Å². The van der Waals surface area contributed by atoms with Gasteiger partial charge >= 0.3 is 5.69 Å². The maximum absolute atomic E-state index is 11.2. The van der Waals surface area contributed by atoms with Crippen LogP contribution >= 0.6 is 0 Å². The van der Waals surface area contributed by atoms with E-state index >= 15 is 0 Å². The monoisotopic (exact) mass is 259 g/mol. The zero-order chi connectivity index (χ0) is 13.4. The number of aliphatic hydroxyl groups is 1. The molecule has 0 atom stereocenters. The van der Waals surface area contributed by atoms with Crippen molar-refractivity contribution in [1.29, 1.82) is 0 Å². The van der Waals surface area contributed by atoms with Gasteiger partial charge in [-0.15, -0.1) is 0 Å². The molecule has 0 radical (unpaired) electrons. The lowest BCUT2D eigenvalue weighted by molar-refractivity contribution is -0.384. The summed E-state index contributed by atoms with van der Waals surface area (Å²) in [7, 11) is 0. The summed E-state index contributed by atoms with van der Waals surface area (Å²) in [6, 6.07) is 7.39. The summed E-state index contributed by atoms with van der Waals surface area (Å²) in [6.07, 6.45) is 1.31. The number of aliphatic hydroxyl groups excluding tert-OH is 1. The van der Waals surface area contributed by atoms with Gasteiger partial charge < -0.3 is 10.0 Å². The first-order chi connectivity index (χ1) is 9.20. The number of nitrogens with zero attached hydrogens (tertiary/aromatic N) is 3. The van der Waals surface area contributed by atoms with Gasteiger partial charge in [-0.25, -0.2) is 4.98 Å². The third-order valence-electron chi connectivity index (χ3n) is 3.46. The smallest absolute Gasteiger partial charge is 0.311 e. The molecule has 3 rings (SSSR count). The number of hydrogen-bond donors (Lipinski definition) is 1. The van der Waals surface area contributed by atoms with Crippen LogP contribution in [0.5, 0.6) is 0 Å². The van der Waals surface area contributed by atoms with Crippen molar-refractivity contribution in [3.05, 3.63) is 40.6 Å². The average molecular weight is 259 g/mol. The Hall–Kier alpha value is -2.21. The van der Waals surface area contributed by atoms with Gasteiger partial charge in [0, 0.05) is 31.0 Å². The Bertz CT molecular complexity index is 638. The predicted molar refractivity (Wildman–Crippen MR) is 71.2 cm³/mol. The van der Waals surface area contributed by atoms with Gasteiger partial charge in [-0.3, -0.25) is 10.1 Å². The molecule has 1 saturated heterocycles. The number of rotatable bonds is 3. The van der Waals surface area contributed by atoms with Crippen molar-refractivity contribution >= 4 is 22.3 Å². The van der Waals surface area contributed by atoms with E-state index in [1.54, 1.807) is 0 Å². The summed E-state index contributed by atoms with van der Waals surface area (Å²) < 4.78 is 0. The van der Waals surface area contributed by atoms with Crippen LogP contribution in [0.1, 0.15) is 0 Å². The summed E-state index contributed by atoms with van der Waals surface area (Å²) in [5, 5.41) is 21.0. The number of para-hydroxylation sites is 1. The van der Waals surface area contributed by atoms with Crippen LogP contribution in [0.3, 0.4) is 0 Å². The second kappa shape index (κ2) is 4.47. The molecule has 1 aliphatic heterocycles. The summed E-state index contributed by atoms with van der Waals surface area (Å²) in [4.78, 5) is 16.8. The summed E-state index contributed by atoms with van der Waals surface area (Å²) >= 11 is 0. The number of anilines is 1. The van der Waals surface area contributed by atoms with Gasteiger partial charge in [0.15, 0.2) is 0 Å². The fourth-order valence-electron chi connectivity index (χ4n) is 2.45. The molecule has 19 heavy (non-hydrogen) atoms. The molecule has 1 aromatic heterocycles. The van der Waals surface area contributed by atoms with E-state index in [1.807, 2.05) is 29.2 Å². The fourth-order valence-corrected chi connectivity index (χ4v) is 2.45. The molecule has 2 aromatic rings. The van der Waals surface area contributed by atoms with E-state index in [4.69, 9.17) is 5.11 Å². The number of aromatic nitrogens is 1. The maximum atomic E-state index is 11.2. The molecule has 0 aliphatic carbocycles. The first-order valence-electron chi connectivity index (χ1n) is 6.08. The normalized spacial score (nSPS) is 15.5. The van der Waals surface area contributed by atoms with Crippen molar-refractivity contribution in [3.8, 4) is 0 Å². The minimum absolute atomic E-state index is 0.0232. The number of nitro groups is 1. The molecular weight excluding hydrogens is 246 g/mol. The summed E-state index contributed by atoms with van der Waals surface area (Å²) in [6.45, 7) is 1.41. The Morgan fingerprint density at radius 2 is 2.16 bits per heavy atom. The van der Waals surface area contributed by atoms with Crippen LogP contribution in [0.4, 0.5) is 11.4 Å². The minimum Gasteiger partial charge on any atom is -0.396 e. The van der Waals surface area contributed by atoms with Crippen LogP contribution in [0, 0.1) is 16.0 Å². The quantitative estimate of drug-likeness (QED) is 0.668. The van der Waals surface area contributed by atoms with Gasteiger partial charge in [-0.05, 0) is 6.07 Å². The highest BCUT2D eigenvalue weighted by Gasteiger charge is 2.32. The lowest BCUT2D eigenvalue weighted by Gasteiger charge is -2.40. The molecule has 0 spiro atoms. The van der Waals surface area contributed by atoms with Crippen LogP contribution in [0.2, 0.25) is 0 Å². The molecule has 1 aromatic carbocycles. The number of fused-ring (bicyclic) bond motifs is 1. The molecule has 1 N–H and O–H groups in total. The predicted octanol–water partition coefficient (Wildman–Crippen LogP) is 1.57. The molecule has 0 bridgehead atoms. The number of pyridine rings is 1. The zero-order valence-corrected chi connectivity index (χ0v) is 10.2. The zero-order valence-electron chi connectivity index (χ0n) is 10.2. The van der Waals surface area contributed by atoms with E-state index in [-0.39, 0.29) is 18.2 Å². The topological polar surface area (TPSA) is 79.5 Å². The highest BCUT2D eigenvalue weighted by Crippen LogP contribution is 2.38. The molecule has 6 heteroatoms. The fraction of sp³-hybridized carbons (Fsp3) is 0.308. The summed E-state index contributed by atoms with van der Waals surface area (Å²) in [5.41, 5.74) is 1.38. The van der Waals surface area contributed by atoms with E-state index in [1.165, 1.54) is 6.20 Å². The maximum Gasteiger partial charge on any atom is 0.311 e. The highest BCUT2D eigenvalue weighted by molar-refractivity contribution is 5.96. The standard InChI is InChI=1S/C13H13N3O3/c17-8-9-6-15(7-9)13-10-3-1-2-4-11(10)14-5-12(13)16(18)19/h1-5,9,17H,6-8H2. The van der Waals surface area contributed by atoms with Gasteiger partial charge in [0.25, 0.3) is 0 Å². The van der Waals surface area contributed by atoms with Crippen LogP contribution in [-0.2, 0) is 0 Å². The Labute approximate surface area is 109 Å². The van der Waals surface area contributed by atoms with Crippen LogP contribution in [-0.4, -0.2) is 34.7 Å². The largest absolute Gasteiger partial charge is 0.396 e. The minimum atomic E-state index is -0.402. The first-order valence-corrected chi connectivity index (χ1v) is 6.08. The highest BCUT2D eigenvalue weighted by atomic mass is 16.6. The van der Waals surface area contributed by atoms with E-state index < -0.39 is 4.92 Å². The van der Waals surface area contributed by atoms with E-state index in [2.05, 4.69) is 4.98 Å². The van der Waals surface area contributed by atoms with Gasteiger partial charge in [-0.2, -0.15) is 0 Å². The molecule has 0 saturated carbocycles. The van der Waals surface area contributed by atoms with Crippen molar-refractivity contribution in [2.75, 3.05) is 24.6 Å². The van der Waals surface area contributed by atoms with Crippen molar-refractivity contribution in [3.63, 3.8) is 0 Å². The van der Waals surface area contributed by atoms with Crippen LogP contribution in [0.25, 0.3) is 10.9 Å².